The lowest BCUT2D eigenvalue weighted by Crippen LogP contribution is -2.62. The van der Waals surface area contributed by atoms with Gasteiger partial charge in [0.1, 0.15) is 48.3 Å². The van der Waals surface area contributed by atoms with Crippen LogP contribution in [0, 0.1) is 30.1 Å². The van der Waals surface area contributed by atoms with Crippen LogP contribution in [0.4, 0.5) is 0 Å². The van der Waals surface area contributed by atoms with Gasteiger partial charge in [-0.1, -0.05) is 61.3 Å². The summed E-state index contributed by atoms with van der Waals surface area (Å²) in [5, 5.41) is 34.2. The number of likely N-dealkylation sites (N-methyl/N-ethyl adjacent to an activating group) is 1. The van der Waals surface area contributed by atoms with Gasteiger partial charge in [-0.3, -0.25) is 52.9 Å². The Morgan fingerprint density at radius 1 is 0.708 bits per heavy atom. The average molecular weight is 1020 g/mol. The Labute approximate surface area is 424 Å². The maximum Gasteiger partial charge on any atom is 0.245 e. The number of aliphatic hydroxyl groups is 1. The number of aliphatic hydroxyl groups excluding tert-OH is 1. The number of carbonyl (C=O) groups excluding carboxylic acids is 10. The predicted molar refractivity (Wildman–Crippen MR) is 269 cm³/mol. The van der Waals surface area contributed by atoms with Crippen molar-refractivity contribution >= 4 is 65.0 Å². The number of likely N-dealkylation sites (tertiary alicyclic amines) is 1. The van der Waals surface area contributed by atoms with Gasteiger partial charge in [0.15, 0.2) is 5.96 Å². The summed E-state index contributed by atoms with van der Waals surface area (Å²) in [6, 6.07) is -9.49. The number of nitrogens with two attached hydrogens (primary N) is 2. The number of nitrogens with one attached hydrogen (secondary N) is 9. The van der Waals surface area contributed by atoms with Gasteiger partial charge in [0.25, 0.3) is 0 Å². The lowest BCUT2D eigenvalue weighted by Gasteiger charge is -2.31. The second-order valence-corrected chi connectivity index (χ2v) is 18.9. The molecule has 0 bridgehead atoms. The lowest BCUT2D eigenvalue weighted by molar-refractivity contribution is -0.142. The summed E-state index contributed by atoms with van der Waals surface area (Å²) in [5.74, 6) is -5.78. The van der Waals surface area contributed by atoms with Crippen LogP contribution in [0.2, 0.25) is 0 Å². The Morgan fingerprint density at radius 3 is 1.83 bits per heavy atom. The molecule has 1 aliphatic rings. The van der Waals surface area contributed by atoms with E-state index < -0.39 is 126 Å². The molecule has 14 N–H and O–H groups in total. The molecular formula is C48H83N13O11. The van der Waals surface area contributed by atoms with Gasteiger partial charge < -0.3 is 69.3 Å². The molecule has 0 aromatic rings. The van der Waals surface area contributed by atoms with Crippen molar-refractivity contribution in [2.75, 3.05) is 26.2 Å². The number of terminal acetylenes is 1. The molecule has 0 aromatic carbocycles. The Bertz CT molecular complexity index is 1940. The topological polar surface area (TPSA) is 367 Å². The van der Waals surface area contributed by atoms with E-state index in [1.807, 2.05) is 6.92 Å². The largest absolute Gasteiger partial charge is 0.391 e. The molecule has 24 nitrogen and oxygen atoms in total. The van der Waals surface area contributed by atoms with E-state index in [-0.39, 0.29) is 50.0 Å². The van der Waals surface area contributed by atoms with E-state index in [1.165, 1.54) is 18.7 Å². The van der Waals surface area contributed by atoms with Crippen molar-refractivity contribution in [1.29, 1.82) is 0 Å². The third-order valence-electron chi connectivity index (χ3n) is 11.9. The molecule has 72 heavy (non-hydrogen) atoms. The van der Waals surface area contributed by atoms with E-state index in [0.717, 1.165) is 0 Å². The quantitative estimate of drug-likeness (QED) is 0.0150. The van der Waals surface area contributed by atoms with Crippen LogP contribution in [0.1, 0.15) is 127 Å². The van der Waals surface area contributed by atoms with Crippen molar-refractivity contribution in [2.45, 2.75) is 181 Å². The van der Waals surface area contributed by atoms with Crippen molar-refractivity contribution in [1.82, 2.24) is 52.8 Å². The molecule has 0 aliphatic carbocycles. The molecule has 0 saturated carbocycles. The molecule has 406 valence electrons. The summed E-state index contributed by atoms with van der Waals surface area (Å²) < 4.78 is 0. The van der Waals surface area contributed by atoms with Gasteiger partial charge in [-0.2, -0.15) is 0 Å². The molecule has 24 heteroatoms. The van der Waals surface area contributed by atoms with Crippen molar-refractivity contribution in [3.05, 3.63) is 0 Å². The number of carbonyl (C=O) groups is 10. The third kappa shape index (κ3) is 21.9. The second-order valence-electron chi connectivity index (χ2n) is 18.9. The van der Waals surface area contributed by atoms with E-state index in [2.05, 4.69) is 58.8 Å². The SMILES string of the molecule is C#CC[C@H](NC(C)=O)C(=O)NCC(=O)N[C@H](C(=O)N[C@H](CC(C)C)C(=O)N[C@H](C(=O)N[C@@H](CCC)C(=O)N[C@H](C(=O)N[C@@H](CCCN=C(N)N)C(=O)N1CCC[C@H]1C(=O)NCC)[C@@H](C)CC)[C@@H](C)O)C(C)C. The van der Waals surface area contributed by atoms with Crippen LogP contribution in [0.15, 0.2) is 4.99 Å². The third-order valence-corrected chi connectivity index (χ3v) is 11.9. The molecular weight excluding hydrogens is 935 g/mol. The van der Waals surface area contributed by atoms with Gasteiger partial charge >= 0.3 is 0 Å². The van der Waals surface area contributed by atoms with Gasteiger partial charge in [-0.15, -0.1) is 12.3 Å². The van der Waals surface area contributed by atoms with Crippen LogP contribution in [0.25, 0.3) is 0 Å². The van der Waals surface area contributed by atoms with E-state index in [0.29, 0.717) is 45.2 Å². The minimum atomic E-state index is -1.63. The molecule has 1 aliphatic heterocycles. The summed E-state index contributed by atoms with van der Waals surface area (Å²) in [5.41, 5.74) is 11.0. The molecule has 0 aromatic heterocycles. The van der Waals surface area contributed by atoms with Gasteiger partial charge in [0.05, 0.1) is 12.6 Å². The number of aliphatic imine (C=N–C) groups is 1. The monoisotopic (exact) mass is 1020 g/mol. The van der Waals surface area contributed by atoms with Crippen LogP contribution in [-0.4, -0.2) is 156 Å². The molecule has 10 amide bonds. The van der Waals surface area contributed by atoms with Gasteiger partial charge in [-0.05, 0) is 70.1 Å². The Balaban J connectivity index is 3.31. The normalized spacial score (nSPS) is 16.9. The molecule has 1 saturated heterocycles. The van der Waals surface area contributed by atoms with Gasteiger partial charge in [0, 0.05) is 33.0 Å². The van der Waals surface area contributed by atoms with E-state index in [9.17, 15) is 53.1 Å². The lowest BCUT2D eigenvalue weighted by atomic mass is 9.96. The average Bonchev–Trinajstić information content (AvgIpc) is 3.80. The smallest absolute Gasteiger partial charge is 0.245 e. The first-order valence-corrected chi connectivity index (χ1v) is 24.9. The number of nitrogens with zero attached hydrogens (tertiary/aromatic N) is 2. The maximum absolute atomic E-state index is 14.2. The zero-order valence-electron chi connectivity index (χ0n) is 43.8. The van der Waals surface area contributed by atoms with Crippen molar-refractivity contribution in [3.63, 3.8) is 0 Å². The van der Waals surface area contributed by atoms with Crippen molar-refractivity contribution in [2.24, 2.45) is 34.2 Å². The minimum absolute atomic E-state index is 0.0652. The first kappa shape index (κ1) is 63.5. The molecule has 1 heterocycles. The van der Waals surface area contributed by atoms with Crippen LogP contribution in [0.3, 0.4) is 0 Å². The van der Waals surface area contributed by atoms with Crippen LogP contribution < -0.4 is 59.3 Å². The Morgan fingerprint density at radius 2 is 1.29 bits per heavy atom. The van der Waals surface area contributed by atoms with Crippen LogP contribution in [-0.2, 0) is 47.9 Å². The molecule has 10 atom stereocenters. The highest BCUT2D eigenvalue weighted by atomic mass is 16.3. The summed E-state index contributed by atoms with van der Waals surface area (Å²) in [4.78, 5) is 139. The number of guanidine groups is 1. The van der Waals surface area contributed by atoms with E-state index in [4.69, 9.17) is 17.9 Å². The molecule has 0 spiro atoms. The number of hydrogen-bond donors (Lipinski definition) is 12. The fourth-order valence-electron chi connectivity index (χ4n) is 7.84. The Hall–Kier alpha value is -6.51. The van der Waals surface area contributed by atoms with E-state index >= 15 is 0 Å². The highest BCUT2D eigenvalue weighted by molar-refractivity contribution is 5.98. The van der Waals surface area contributed by atoms with Crippen molar-refractivity contribution in [3.8, 4) is 12.3 Å². The van der Waals surface area contributed by atoms with Gasteiger partial charge in [-0.25, -0.2) is 0 Å². The molecule has 0 radical (unpaired) electrons. The van der Waals surface area contributed by atoms with Crippen LogP contribution in [0.5, 0.6) is 0 Å². The summed E-state index contributed by atoms with van der Waals surface area (Å²) in [6.45, 7) is 16.7. The van der Waals surface area contributed by atoms with Gasteiger partial charge in [0.2, 0.25) is 59.1 Å². The number of hydrogen-bond acceptors (Lipinski definition) is 12. The zero-order valence-corrected chi connectivity index (χ0v) is 43.8. The fourth-order valence-corrected chi connectivity index (χ4v) is 7.84. The van der Waals surface area contributed by atoms with Crippen molar-refractivity contribution < 1.29 is 53.1 Å². The summed E-state index contributed by atoms with van der Waals surface area (Å²) >= 11 is 0. The molecule has 0 unspecified atom stereocenters. The summed E-state index contributed by atoms with van der Waals surface area (Å²) in [6.07, 6.45) is 6.03. The standard InChI is InChI=1S/C48H83N13O11/c1-12-18-31(54-30(11)63)40(65)53-25-36(64)58-37(27(7)8)44(69)57-34(24-26(5)6)42(67)60-39(29(10)62)46(71)55-32(19-13-2)41(66)59-38(28(9)14-3)45(70)56-33(20-16-22-52-48(49)50)47(72)61-23-17-21-35(61)43(68)51-15-4/h1,26-29,31-35,37-39,62H,13-25H2,2-11H3,(H,51,68)(H,53,65)(H,54,63)(H,55,71)(H,56,70)(H,57,69)(H,58,64)(H,59,66)(H,60,67)(H4,49,50,52)/t28-,29+,31-,32-,33-,34+,35-,37-,38-,39-/m0/s1. The highest BCUT2D eigenvalue weighted by Gasteiger charge is 2.40. The minimum Gasteiger partial charge on any atom is -0.391 e. The second kappa shape index (κ2) is 32.5. The Kier molecular flexibility index (Phi) is 28.6. The first-order valence-electron chi connectivity index (χ1n) is 24.9. The molecule has 1 fully saturated rings. The number of amides is 10. The summed E-state index contributed by atoms with van der Waals surface area (Å²) in [7, 11) is 0. The van der Waals surface area contributed by atoms with E-state index in [1.54, 1.807) is 48.5 Å². The highest BCUT2D eigenvalue weighted by Crippen LogP contribution is 2.21. The number of rotatable bonds is 31. The molecule has 1 rings (SSSR count). The predicted octanol–water partition coefficient (Wildman–Crippen LogP) is -2.35. The van der Waals surface area contributed by atoms with Crippen LogP contribution >= 0.6 is 0 Å². The maximum atomic E-state index is 14.2. The fraction of sp³-hybridized carbons (Fsp3) is 0.729. The zero-order chi connectivity index (χ0) is 54.8. The first-order chi connectivity index (χ1) is 33.8.